The molecule has 1 spiro atoms. The van der Waals surface area contributed by atoms with E-state index in [9.17, 15) is 14.4 Å². The van der Waals surface area contributed by atoms with Crippen LogP contribution in [0.5, 0.6) is 0 Å². The molecule has 5 rings (SSSR count). The Labute approximate surface area is 188 Å². The van der Waals surface area contributed by atoms with Crippen LogP contribution in [0.2, 0.25) is 0 Å². The minimum atomic E-state index is -1.37. The van der Waals surface area contributed by atoms with Gasteiger partial charge in [0.15, 0.2) is 5.41 Å². The van der Waals surface area contributed by atoms with Gasteiger partial charge in [0.2, 0.25) is 11.8 Å². The van der Waals surface area contributed by atoms with Crippen LogP contribution in [-0.2, 0) is 16.0 Å². The van der Waals surface area contributed by atoms with Crippen molar-refractivity contribution in [1.82, 2.24) is 10.2 Å². The van der Waals surface area contributed by atoms with Gasteiger partial charge >= 0.3 is 6.03 Å². The second kappa shape index (κ2) is 7.08. The number of carbonyl (C=O) groups is 3. The molecular formula is C25H28N4O3. The van der Waals surface area contributed by atoms with Crippen LogP contribution in [0.4, 0.5) is 16.2 Å². The molecule has 32 heavy (non-hydrogen) atoms. The lowest BCUT2D eigenvalue weighted by Gasteiger charge is -2.56. The number of para-hydroxylation sites is 2. The van der Waals surface area contributed by atoms with Gasteiger partial charge in [0.25, 0.3) is 0 Å². The fraction of sp³-hybridized carbons (Fsp3) is 0.400. The van der Waals surface area contributed by atoms with Crippen molar-refractivity contribution in [3.63, 3.8) is 0 Å². The van der Waals surface area contributed by atoms with E-state index in [2.05, 4.69) is 21.2 Å². The fourth-order valence-corrected chi connectivity index (χ4v) is 5.44. The molecule has 7 nitrogen and oxygen atoms in total. The monoisotopic (exact) mass is 432 g/mol. The number of benzene rings is 2. The maximum absolute atomic E-state index is 14.1. The average Bonchev–Trinajstić information content (AvgIpc) is 2.76. The number of amides is 4. The number of imide groups is 2. The Morgan fingerprint density at radius 1 is 0.938 bits per heavy atom. The molecule has 0 aromatic heterocycles. The quantitative estimate of drug-likeness (QED) is 0.702. The molecule has 2 aromatic carbocycles. The number of fused-ring (bicyclic) bond motifs is 4. The summed E-state index contributed by atoms with van der Waals surface area (Å²) in [5, 5.41) is 2.53. The zero-order valence-electron chi connectivity index (χ0n) is 18.7. The van der Waals surface area contributed by atoms with E-state index in [1.807, 2.05) is 69.3 Å². The van der Waals surface area contributed by atoms with Gasteiger partial charge in [0.1, 0.15) is 0 Å². The Morgan fingerprint density at radius 3 is 2.34 bits per heavy atom. The second-order valence-electron chi connectivity index (χ2n) is 9.84. The van der Waals surface area contributed by atoms with E-state index in [4.69, 9.17) is 0 Å². The second-order valence-corrected chi connectivity index (χ2v) is 9.84. The van der Waals surface area contributed by atoms with Gasteiger partial charge in [-0.05, 0) is 51.0 Å². The molecule has 0 saturated carbocycles. The summed E-state index contributed by atoms with van der Waals surface area (Å²) < 4.78 is 0. The number of barbiturate groups is 1. The third-order valence-corrected chi connectivity index (χ3v) is 6.93. The van der Waals surface area contributed by atoms with Crippen molar-refractivity contribution in [2.75, 3.05) is 29.4 Å². The Balaban J connectivity index is 1.65. The average molecular weight is 433 g/mol. The standard InChI is InChI=1S/C25H28N4O3/c1-24(2,3)29-22(31)25(21(30)26-23(29)32)15-17-9-7-8-12-19(17)28-14-13-27(16-20(25)28)18-10-5-4-6-11-18/h4-12,20H,13-16H2,1-3H3,(H,26,30,32)/t20-,25-/m1/s1. The molecule has 0 radical (unpaired) electrons. The van der Waals surface area contributed by atoms with Gasteiger partial charge in [-0.2, -0.15) is 0 Å². The Bertz CT molecular complexity index is 1090. The number of urea groups is 1. The summed E-state index contributed by atoms with van der Waals surface area (Å²) in [5.41, 5.74) is 0.973. The topological polar surface area (TPSA) is 73.0 Å². The van der Waals surface area contributed by atoms with Crippen molar-refractivity contribution in [3.8, 4) is 0 Å². The lowest BCUT2D eigenvalue weighted by atomic mass is 9.67. The number of piperazine rings is 1. The Hall–Kier alpha value is -3.35. The molecule has 2 aromatic rings. The van der Waals surface area contributed by atoms with Crippen LogP contribution in [0.25, 0.3) is 0 Å². The highest BCUT2D eigenvalue weighted by Gasteiger charge is 2.64. The number of hydrogen-bond donors (Lipinski definition) is 1. The zero-order valence-corrected chi connectivity index (χ0v) is 18.7. The molecule has 0 bridgehead atoms. The lowest BCUT2D eigenvalue weighted by molar-refractivity contribution is -0.156. The van der Waals surface area contributed by atoms with Gasteiger partial charge in [0.05, 0.1) is 6.04 Å². The van der Waals surface area contributed by atoms with Gasteiger partial charge in [-0.3, -0.25) is 19.8 Å². The van der Waals surface area contributed by atoms with E-state index in [0.29, 0.717) is 13.1 Å². The maximum Gasteiger partial charge on any atom is 0.331 e. The van der Waals surface area contributed by atoms with Crippen LogP contribution in [0, 0.1) is 5.41 Å². The van der Waals surface area contributed by atoms with Crippen molar-refractivity contribution < 1.29 is 14.4 Å². The maximum atomic E-state index is 14.1. The predicted octanol–water partition coefficient (Wildman–Crippen LogP) is 2.80. The van der Waals surface area contributed by atoms with Crippen LogP contribution >= 0.6 is 0 Å². The highest BCUT2D eigenvalue weighted by molar-refractivity contribution is 6.20. The van der Waals surface area contributed by atoms with Crippen molar-refractivity contribution >= 4 is 29.2 Å². The molecule has 3 aliphatic rings. The van der Waals surface area contributed by atoms with Crippen LogP contribution in [0.1, 0.15) is 26.3 Å². The molecule has 1 N–H and O–H groups in total. The van der Waals surface area contributed by atoms with Gasteiger partial charge in [-0.15, -0.1) is 0 Å². The van der Waals surface area contributed by atoms with E-state index >= 15 is 0 Å². The van der Waals surface area contributed by atoms with E-state index in [1.165, 1.54) is 4.90 Å². The van der Waals surface area contributed by atoms with E-state index in [0.717, 1.165) is 23.5 Å². The molecule has 4 amide bonds. The fourth-order valence-electron chi connectivity index (χ4n) is 5.44. The highest BCUT2D eigenvalue weighted by atomic mass is 16.2. The number of nitrogens with one attached hydrogen (secondary N) is 1. The van der Waals surface area contributed by atoms with E-state index in [-0.39, 0.29) is 6.42 Å². The molecular weight excluding hydrogens is 404 g/mol. The third kappa shape index (κ3) is 2.91. The molecule has 3 aliphatic heterocycles. The molecule has 0 aliphatic carbocycles. The Morgan fingerprint density at radius 2 is 1.62 bits per heavy atom. The summed E-state index contributed by atoms with van der Waals surface area (Å²) in [6.07, 6.45) is 0.275. The summed E-state index contributed by atoms with van der Waals surface area (Å²) >= 11 is 0. The molecule has 2 fully saturated rings. The zero-order chi connectivity index (χ0) is 22.7. The van der Waals surface area contributed by atoms with E-state index in [1.54, 1.807) is 0 Å². The molecule has 7 heteroatoms. The van der Waals surface area contributed by atoms with Gasteiger partial charge < -0.3 is 9.80 Å². The summed E-state index contributed by atoms with van der Waals surface area (Å²) in [7, 11) is 0. The number of hydrogen-bond acceptors (Lipinski definition) is 5. The highest BCUT2D eigenvalue weighted by Crippen LogP contribution is 2.46. The molecule has 3 heterocycles. The summed E-state index contributed by atoms with van der Waals surface area (Å²) in [4.78, 5) is 46.0. The van der Waals surface area contributed by atoms with Gasteiger partial charge in [-0.25, -0.2) is 4.79 Å². The number of rotatable bonds is 1. The summed E-state index contributed by atoms with van der Waals surface area (Å²) in [5.74, 6) is -0.898. The first-order valence-corrected chi connectivity index (χ1v) is 11.1. The molecule has 166 valence electrons. The number of anilines is 2. The first kappa shape index (κ1) is 20.5. The first-order valence-electron chi connectivity index (χ1n) is 11.1. The largest absolute Gasteiger partial charge is 0.368 e. The predicted molar refractivity (Wildman–Crippen MR) is 123 cm³/mol. The summed E-state index contributed by atoms with van der Waals surface area (Å²) in [6, 6.07) is 17.0. The SMILES string of the molecule is CC(C)(C)N1C(=O)NC(=O)[C@]2(Cc3ccccc3N3CCN(c4ccccc4)C[C@@H]32)C1=O. The van der Waals surface area contributed by atoms with Crippen molar-refractivity contribution in [2.45, 2.75) is 38.8 Å². The minimum absolute atomic E-state index is 0.275. The van der Waals surface area contributed by atoms with Crippen LogP contribution < -0.4 is 15.1 Å². The smallest absolute Gasteiger partial charge is 0.331 e. The molecule has 0 unspecified atom stereocenters. The third-order valence-electron chi connectivity index (χ3n) is 6.93. The molecule has 2 saturated heterocycles. The van der Waals surface area contributed by atoms with Gasteiger partial charge in [0, 0.05) is 36.5 Å². The number of nitrogens with zero attached hydrogens (tertiary/aromatic N) is 3. The normalized spacial score (nSPS) is 25.5. The molecule has 2 atom stereocenters. The lowest BCUT2D eigenvalue weighted by Crippen LogP contribution is -2.77. The van der Waals surface area contributed by atoms with Gasteiger partial charge in [-0.1, -0.05) is 36.4 Å². The van der Waals surface area contributed by atoms with E-state index < -0.39 is 34.8 Å². The van der Waals surface area contributed by atoms with Crippen LogP contribution in [0.3, 0.4) is 0 Å². The van der Waals surface area contributed by atoms with Crippen molar-refractivity contribution in [3.05, 3.63) is 60.2 Å². The first-order chi connectivity index (χ1) is 15.2. The summed E-state index contributed by atoms with van der Waals surface area (Å²) in [6.45, 7) is 7.44. The Kier molecular flexibility index (Phi) is 4.55. The minimum Gasteiger partial charge on any atom is -0.368 e. The van der Waals surface area contributed by atoms with Crippen molar-refractivity contribution in [1.29, 1.82) is 0 Å². The van der Waals surface area contributed by atoms with Crippen LogP contribution in [-0.4, -0.2) is 54.0 Å². The van der Waals surface area contributed by atoms with Crippen molar-refractivity contribution in [2.24, 2.45) is 5.41 Å². The van der Waals surface area contributed by atoms with Crippen LogP contribution in [0.15, 0.2) is 54.6 Å². The number of carbonyl (C=O) groups excluding carboxylic acids is 3.